The van der Waals surface area contributed by atoms with Gasteiger partial charge in [0.2, 0.25) is 0 Å². The molecule has 0 aliphatic heterocycles. The summed E-state index contributed by atoms with van der Waals surface area (Å²) in [6, 6.07) is 0. The van der Waals surface area contributed by atoms with Crippen molar-refractivity contribution in [2.24, 2.45) is 0 Å². The minimum atomic E-state index is -2.37. The van der Waals surface area contributed by atoms with Gasteiger partial charge in [-0.3, -0.25) is 0 Å². The quantitative estimate of drug-likeness (QED) is 0.515. The minimum absolute atomic E-state index is 1.62. The van der Waals surface area contributed by atoms with Gasteiger partial charge in [0.1, 0.15) is 0 Å². The van der Waals surface area contributed by atoms with Gasteiger partial charge in [0, 0.05) is 0 Å². The van der Waals surface area contributed by atoms with Crippen molar-refractivity contribution in [2.45, 2.75) is 0 Å². The van der Waals surface area contributed by atoms with E-state index in [1.165, 1.54) is 0 Å². The molecule has 0 aliphatic rings. The van der Waals surface area contributed by atoms with Crippen LogP contribution in [0.3, 0.4) is 0 Å². The van der Waals surface area contributed by atoms with Crippen molar-refractivity contribution >= 4 is 27.8 Å². The molecule has 0 aromatic carbocycles. The van der Waals surface area contributed by atoms with Gasteiger partial charge < -0.3 is 0 Å². The van der Waals surface area contributed by atoms with Crippen LogP contribution in [0.5, 0.6) is 0 Å². The predicted octanol–water partition coefficient (Wildman–Crippen LogP) is 3.25. The van der Waals surface area contributed by atoms with Crippen LogP contribution >= 0.6 is 27.8 Å². The molecule has 7 heavy (non-hydrogen) atoms. The molecule has 44 valence electrons. The zero-order valence-electron chi connectivity index (χ0n) is 4.49. The van der Waals surface area contributed by atoms with Crippen LogP contribution in [0.2, 0.25) is 0 Å². The molecule has 0 spiro atoms. The molecule has 0 aromatic rings. The van der Waals surface area contributed by atoms with E-state index in [0.29, 0.717) is 0 Å². The molecule has 0 nitrogen and oxygen atoms in total. The van der Waals surface area contributed by atoms with Crippen molar-refractivity contribution in [1.82, 2.24) is 0 Å². The van der Waals surface area contributed by atoms with Crippen molar-refractivity contribution in [2.75, 3.05) is 13.3 Å². The maximum atomic E-state index is 5.75. The summed E-state index contributed by atoms with van der Waals surface area (Å²) in [6.07, 6.45) is 0. The van der Waals surface area contributed by atoms with Gasteiger partial charge in [-0.1, -0.05) is 0 Å². The Balaban J connectivity index is 4.10. The van der Waals surface area contributed by atoms with Crippen molar-refractivity contribution < 1.29 is 0 Å². The molecule has 0 N–H and O–H groups in total. The molecule has 0 unspecified atom stereocenters. The van der Waals surface area contributed by atoms with Gasteiger partial charge in [-0.05, 0) is 0 Å². The molecule has 0 heterocycles. The molecule has 0 bridgehead atoms. The molecular formula is C4H9Cl2P. The zero-order valence-corrected chi connectivity index (χ0v) is 6.89. The number of hydrogen-bond donors (Lipinski definition) is 0. The second-order valence-electron chi connectivity index (χ2n) is 2.08. The van der Waals surface area contributed by atoms with E-state index in [1.807, 2.05) is 13.3 Å². The molecule has 0 aliphatic carbocycles. The van der Waals surface area contributed by atoms with Crippen LogP contribution in [0, 0.1) is 0 Å². The first-order chi connectivity index (χ1) is 2.81. The Morgan fingerprint density at radius 3 is 1.57 bits per heavy atom. The molecule has 0 saturated heterocycles. The average Bonchev–Trinajstić information content (AvgIpc) is 1.32. The average molecular weight is 159 g/mol. The summed E-state index contributed by atoms with van der Waals surface area (Å²) in [7, 11) is 0. The molecular weight excluding hydrogens is 150 g/mol. The van der Waals surface area contributed by atoms with Crippen LogP contribution in [0.4, 0.5) is 0 Å². The fourth-order valence-corrected chi connectivity index (χ4v) is 0. The Morgan fingerprint density at radius 2 is 1.57 bits per heavy atom. The number of rotatable bonds is 1. The van der Waals surface area contributed by atoms with Crippen LogP contribution in [-0.4, -0.2) is 13.3 Å². The van der Waals surface area contributed by atoms with Crippen LogP contribution in [0.1, 0.15) is 0 Å². The third kappa shape index (κ3) is 6.75. The van der Waals surface area contributed by atoms with Crippen molar-refractivity contribution in [3.63, 3.8) is 0 Å². The van der Waals surface area contributed by atoms with Gasteiger partial charge in [0.05, 0.1) is 0 Å². The Kier molecular flexibility index (Phi) is 1.79. The van der Waals surface area contributed by atoms with E-state index in [1.54, 1.807) is 5.82 Å². The second-order valence-corrected chi connectivity index (χ2v) is 13.0. The van der Waals surface area contributed by atoms with E-state index in [9.17, 15) is 0 Å². The van der Waals surface area contributed by atoms with Gasteiger partial charge in [0.25, 0.3) is 0 Å². The Morgan fingerprint density at radius 1 is 1.43 bits per heavy atom. The zero-order chi connectivity index (χ0) is 6.15. The van der Waals surface area contributed by atoms with Gasteiger partial charge in [-0.25, -0.2) is 0 Å². The first-order valence-corrected chi connectivity index (χ1v) is 6.91. The van der Waals surface area contributed by atoms with E-state index in [4.69, 9.17) is 22.5 Å². The standard InChI is InChI=1S/C4H9Cl2P/c1-4-7(2,3,5)6/h4H,1H2,2-3H3. The molecule has 0 atom stereocenters. The summed E-state index contributed by atoms with van der Waals surface area (Å²) in [5.74, 6) is 1.62. The molecule has 0 rings (SSSR count). The van der Waals surface area contributed by atoms with Crippen molar-refractivity contribution in [3.8, 4) is 0 Å². The molecule has 0 saturated carbocycles. The van der Waals surface area contributed by atoms with Crippen LogP contribution in [0.25, 0.3) is 0 Å². The Bertz CT molecular complexity index is 80.4. The first-order valence-electron chi connectivity index (χ1n) is 1.90. The fraction of sp³-hybridized carbons (Fsp3) is 0.500. The molecule has 3 heteroatoms. The topological polar surface area (TPSA) is 0 Å². The van der Waals surface area contributed by atoms with E-state index in [2.05, 4.69) is 6.58 Å². The summed E-state index contributed by atoms with van der Waals surface area (Å²) in [4.78, 5) is 0. The van der Waals surface area contributed by atoms with Crippen LogP contribution < -0.4 is 0 Å². The molecule has 0 aromatic heterocycles. The summed E-state index contributed by atoms with van der Waals surface area (Å²) >= 11 is 11.5. The normalized spacial score (nSPS) is 17.4. The first kappa shape index (κ1) is 7.75. The third-order valence-electron chi connectivity index (χ3n) is 0.503. The van der Waals surface area contributed by atoms with Gasteiger partial charge in [0.15, 0.2) is 0 Å². The van der Waals surface area contributed by atoms with E-state index in [-0.39, 0.29) is 0 Å². The van der Waals surface area contributed by atoms with Crippen molar-refractivity contribution in [1.29, 1.82) is 0 Å². The van der Waals surface area contributed by atoms with E-state index < -0.39 is 5.31 Å². The Labute approximate surface area is 54.0 Å². The molecule has 0 amide bonds. The van der Waals surface area contributed by atoms with E-state index in [0.717, 1.165) is 0 Å². The van der Waals surface area contributed by atoms with Crippen molar-refractivity contribution in [3.05, 3.63) is 12.4 Å². The third-order valence-corrected chi connectivity index (χ3v) is 2.34. The fourth-order valence-electron chi connectivity index (χ4n) is 0. The summed E-state index contributed by atoms with van der Waals surface area (Å²) in [5, 5.41) is -2.37. The molecule has 0 radical (unpaired) electrons. The number of hydrogen-bond acceptors (Lipinski definition) is 0. The predicted molar refractivity (Wildman–Crippen MR) is 40.7 cm³/mol. The molecule has 0 fully saturated rings. The summed E-state index contributed by atoms with van der Waals surface area (Å²) < 4.78 is 0. The van der Waals surface area contributed by atoms with Gasteiger partial charge in [-0.15, -0.1) is 0 Å². The Hall–Kier alpha value is 0.750. The second kappa shape index (κ2) is 1.62. The van der Waals surface area contributed by atoms with Crippen LogP contribution in [0.15, 0.2) is 12.4 Å². The monoisotopic (exact) mass is 158 g/mol. The summed E-state index contributed by atoms with van der Waals surface area (Å²) in [5.41, 5.74) is 0. The summed E-state index contributed by atoms with van der Waals surface area (Å²) in [6.45, 7) is 7.11. The number of halogens is 2. The van der Waals surface area contributed by atoms with Gasteiger partial charge >= 0.3 is 53.5 Å². The van der Waals surface area contributed by atoms with Crippen LogP contribution in [-0.2, 0) is 0 Å². The van der Waals surface area contributed by atoms with Gasteiger partial charge in [-0.2, -0.15) is 0 Å². The van der Waals surface area contributed by atoms with E-state index >= 15 is 0 Å². The maximum absolute atomic E-state index is 5.75. The SMILES string of the molecule is C=CP(C)(C)(Cl)Cl.